The van der Waals surface area contributed by atoms with E-state index in [0.717, 1.165) is 28.9 Å². The highest BCUT2D eigenvalue weighted by molar-refractivity contribution is 5.96. The highest BCUT2D eigenvalue weighted by Gasteiger charge is 2.26. The Bertz CT molecular complexity index is 650. The van der Waals surface area contributed by atoms with Crippen LogP contribution in [0.15, 0.2) is 12.1 Å². The van der Waals surface area contributed by atoms with E-state index in [2.05, 4.69) is 19.2 Å². The van der Waals surface area contributed by atoms with E-state index < -0.39 is 0 Å². The molecular weight excluding hydrogens is 330 g/mol. The lowest BCUT2D eigenvalue weighted by Gasteiger charge is -2.35. The molecule has 1 fully saturated rings. The molecule has 1 aromatic carbocycles. The Labute approximate surface area is 156 Å². The number of methoxy groups -OCH3 is 1. The minimum Gasteiger partial charge on any atom is -0.496 e. The molecule has 2 rings (SSSR count). The Balaban J connectivity index is 2.09. The summed E-state index contributed by atoms with van der Waals surface area (Å²) in [6.07, 6.45) is 0.916. The van der Waals surface area contributed by atoms with Crippen LogP contribution in [0.1, 0.15) is 54.6 Å². The number of nitrogens with zero attached hydrogens (tertiary/aromatic N) is 2. The average molecular weight is 361 g/mol. The van der Waals surface area contributed by atoms with E-state index in [1.807, 2.05) is 30.9 Å². The van der Waals surface area contributed by atoms with Crippen LogP contribution in [-0.4, -0.2) is 61.6 Å². The van der Waals surface area contributed by atoms with Crippen molar-refractivity contribution >= 4 is 11.9 Å². The molecule has 1 heterocycles. The van der Waals surface area contributed by atoms with Gasteiger partial charge in [0.25, 0.3) is 5.91 Å². The summed E-state index contributed by atoms with van der Waals surface area (Å²) in [7, 11) is 1.66. The fourth-order valence-electron chi connectivity index (χ4n) is 3.18. The number of piperazine rings is 1. The zero-order valence-corrected chi connectivity index (χ0v) is 16.6. The number of carbonyl (C=O) groups excluding carboxylic acids is 2. The Morgan fingerprint density at radius 2 is 1.77 bits per heavy atom. The third-order valence-corrected chi connectivity index (χ3v) is 4.81. The van der Waals surface area contributed by atoms with Gasteiger partial charge < -0.3 is 19.9 Å². The maximum absolute atomic E-state index is 13.0. The standard InChI is InChI=1S/C20H31N3O3/c1-6-7-21-20(25)23-10-8-22(9-11-23)19(24)17-13-16(14(2)3)18(26-5)12-15(17)4/h12-14H,6-11H2,1-5H3,(H,21,25). The molecule has 0 saturated carbocycles. The van der Waals surface area contributed by atoms with Gasteiger partial charge in [-0.15, -0.1) is 0 Å². The number of benzene rings is 1. The third-order valence-electron chi connectivity index (χ3n) is 4.81. The molecule has 144 valence electrons. The van der Waals surface area contributed by atoms with Crippen LogP contribution in [0.3, 0.4) is 0 Å². The highest BCUT2D eigenvalue weighted by atomic mass is 16.5. The van der Waals surface area contributed by atoms with Crippen LogP contribution < -0.4 is 10.1 Å². The van der Waals surface area contributed by atoms with Gasteiger partial charge in [-0.3, -0.25) is 4.79 Å². The lowest BCUT2D eigenvalue weighted by Crippen LogP contribution is -2.53. The predicted molar refractivity (Wildman–Crippen MR) is 103 cm³/mol. The molecule has 0 bridgehead atoms. The fraction of sp³-hybridized carbons (Fsp3) is 0.600. The quantitative estimate of drug-likeness (QED) is 0.877. The minimum absolute atomic E-state index is 0.0284. The monoisotopic (exact) mass is 361 g/mol. The Kier molecular flexibility index (Phi) is 6.89. The highest BCUT2D eigenvalue weighted by Crippen LogP contribution is 2.30. The number of nitrogens with one attached hydrogen (secondary N) is 1. The van der Waals surface area contributed by atoms with Gasteiger partial charge >= 0.3 is 6.03 Å². The van der Waals surface area contributed by atoms with Gasteiger partial charge in [-0.2, -0.15) is 0 Å². The first-order valence-electron chi connectivity index (χ1n) is 9.39. The zero-order valence-electron chi connectivity index (χ0n) is 16.6. The van der Waals surface area contributed by atoms with Gasteiger partial charge in [-0.05, 0) is 42.5 Å². The molecule has 6 nitrogen and oxygen atoms in total. The van der Waals surface area contributed by atoms with E-state index in [0.29, 0.717) is 32.7 Å². The molecule has 0 aromatic heterocycles. The van der Waals surface area contributed by atoms with E-state index in [1.54, 1.807) is 12.0 Å². The van der Waals surface area contributed by atoms with Crippen molar-refractivity contribution in [1.29, 1.82) is 0 Å². The third kappa shape index (κ3) is 4.48. The van der Waals surface area contributed by atoms with Crippen molar-refractivity contribution in [3.8, 4) is 5.75 Å². The molecule has 0 radical (unpaired) electrons. The van der Waals surface area contributed by atoms with E-state index in [9.17, 15) is 9.59 Å². The van der Waals surface area contributed by atoms with Gasteiger partial charge in [0.2, 0.25) is 0 Å². The summed E-state index contributed by atoms with van der Waals surface area (Å²) in [5, 5.41) is 2.89. The summed E-state index contributed by atoms with van der Waals surface area (Å²) in [6.45, 7) is 11.1. The minimum atomic E-state index is -0.0401. The molecule has 1 saturated heterocycles. The summed E-state index contributed by atoms with van der Waals surface area (Å²) in [5.74, 6) is 1.13. The van der Waals surface area contributed by atoms with Crippen molar-refractivity contribution in [2.24, 2.45) is 0 Å². The smallest absolute Gasteiger partial charge is 0.317 e. The number of ether oxygens (including phenoxy) is 1. The van der Waals surface area contributed by atoms with Gasteiger partial charge in [0.1, 0.15) is 5.75 Å². The summed E-state index contributed by atoms with van der Waals surface area (Å²) < 4.78 is 5.46. The van der Waals surface area contributed by atoms with Gasteiger partial charge in [0.15, 0.2) is 0 Å². The molecule has 0 unspecified atom stereocenters. The lowest BCUT2D eigenvalue weighted by atomic mass is 9.95. The van der Waals surface area contributed by atoms with Crippen LogP contribution in [-0.2, 0) is 0 Å². The first kappa shape index (κ1) is 20.1. The molecule has 3 amide bonds. The molecule has 6 heteroatoms. The van der Waals surface area contributed by atoms with Crippen molar-refractivity contribution in [3.05, 3.63) is 28.8 Å². The second-order valence-electron chi connectivity index (χ2n) is 7.07. The van der Waals surface area contributed by atoms with Crippen LogP contribution >= 0.6 is 0 Å². The van der Waals surface area contributed by atoms with Crippen LogP contribution in [0.4, 0.5) is 4.79 Å². The molecule has 0 spiro atoms. The predicted octanol–water partition coefficient (Wildman–Crippen LogP) is 3.00. The van der Waals surface area contributed by atoms with E-state index in [-0.39, 0.29) is 17.9 Å². The number of amides is 3. The lowest BCUT2D eigenvalue weighted by molar-refractivity contribution is 0.0664. The van der Waals surface area contributed by atoms with Crippen molar-refractivity contribution < 1.29 is 14.3 Å². The van der Waals surface area contributed by atoms with Crippen LogP contribution in [0, 0.1) is 6.92 Å². The first-order valence-corrected chi connectivity index (χ1v) is 9.39. The number of hydrogen-bond acceptors (Lipinski definition) is 3. The number of rotatable bonds is 5. The number of aryl methyl sites for hydroxylation is 1. The largest absolute Gasteiger partial charge is 0.496 e. The maximum Gasteiger partial charge on any atom is 0.317 e. The summed E-state index contributed by atoms with van der Waals surface area (Å²) in [5.41, 5.74) is 2.68. The molecule has 1 aliphatic heterocycles. The normalized spacial score (nSPS) is 14.5. The molecule has 1 aliphatic rings. The molecule has 0 aliphatic carbocycles. The summed E-state index contributed by atoms with van der Waals surface area (Å²) in [6, 6.07) is 3.86. The van der Waals surface area contributed by atoms with Gasteiger partial charge in [0, 0.05) is 38.3 Å². The summed E-state index contributed by atoms with van der Waals surface area (Å²) >= 11 is 0. The summed E-state index contributed by atoms with van der Waals surface area (Å²) in [4.78, 5) is 28.7. The fourth-order valence-corrected chi connectivity index (χ4v) is 3.18. The Hall–Kier alpha value is -2.24. The Morgan fingerprint density at radius 1 is 1.15 bits per heavy atom. The molecule has 0 atom stereocenters. The Morgan fingerprint density at radius 3 is 2.31 bits per heavy atom. The molecule has 1 N–H and O–H groups in total. The van der Waals surface area contributed by atoms with Gasteiger partial charge in [-0.1, -0.05) is 20.8 Å². The van der Waals surface area contributed by atoms with Crippen molar-refractivity contribution in [1.82, 2.24) is 15.1 Å². The molecular formula is C20H31N3O3. The SMILES string of the molecule is CCCNC(=O)N1CCN(C(=O)c2cc(C(C)C)c(OC)cc2C)CC1. The van der Waals surface area contributed by atoms with Crippen LogP contribution in [0.25, 0.3) is 0 Å². The number of carbonyl (C=O) groups is 2. The van der Waals surface area contributed by atoms with Crippen molar-refractivity contribution in [2.75, 3.05) is 39.8 Å². The maximum atomic E-state index is 13.0. The van der Waals surface area contributed by atoms with Gasteiger partial charge in [0.05, 0.1) is 7.11 Å². The van der Waals surface area contributed by atoms with E-state index in [4.69, 9.17) is 4.74 Å². The topological polar surface area (TPSA) is 61.9 Å². The van der Waals surface area contributed by atoms with Crippen molar-refractivity contribution in [2.45, 2.75) is 40.0 Å². The second kappa shape index (κ2) is 8.92. The molecule has 26 heavy (non-hydrogen) atoms. The second-order valence-corrected chi connectivity index (χ2v) is 7.07. The van der Waals surface area contributed by atoms with Crippen LogP contribution in [0.2, 0.25) is 0 Å². The average Bonchev–Trinajstić information content (AvgIpc) is 2.65. The van der Waals surface area contributed by atoms with Crippen LogP contribution in [0.5, 0.6) is 5.75 Å². The number of hydrogen-bond donors (Lipinski definition) is 1. The van der Waals surface area contributed by atoms with Gasteiger partial charge in [-0.25, -0.2) is 4.79 Å². The number of urea groups is 1. The van der Waals surface area contributed by atoms with E-state index in [1.165, 1.54) is 0 Å². The molecule has 1 aromatic rings. The zero-order chi connectivity index (χ0) is 19.3. The first-order chi connectivity index (χ1) is 12.4. The van der Waals surface area contributed by atoms with Crippen molar-refractivity contribution in [3.63, 3.8) is 0 Å². The van der Waals surface area contributed by atoms with E-state index >= 15 is 0 Å².